The zero-order valence-corrected chi connectivity index (χ0v) is 5.25. The number of rotatable bonds is 0. The van der Waals surface area contributed by atoms with Crippen molar-refractivity contribution in [2.45, 2.75) is 0 Å². The van der Waals surface area contributed by atoms with Crippen molar-refractivity contribution in [1.82, 2.24) is 0 Å². The van der Waals surface area contributed by atoms with Crippen LogP contribution >= 0.6 is 0 Å². The van der Waals surface area contributed by atoms with Gasteiger partial charge in [-0.15, -0.1) is 0 Å². The lowest BCUT2D eigenvalue weighted by molar-refractivity contribution is 0.381. The minimum Gasteiger partial charge on any atom is -0.523 e. The van der Waals surface area contributed by atoms with E-state index in [2.05, 4.69) is 0 Å². The van der Waals surface area contributed by atoms with Gasteiger partial charge in [-0.25, -0.2) is 0 Å². The Hall–Kier alpha value is -0.703. The van der Waals surface area contributed by atoms with E-state index < -0.39 is 10.0 Å². The number of hydrogen-bond acceptors (Lipinski definition) is 2. The second kappa shape index (κ2) is 2.47. The predicted molar refractivity (Wildman–Crippen MR) is 29.0 cm³/mol. The standard InChI is InChI=1S/C4H6O2Si/c1-2-4-6-7-5-3-1/h1-4H,7H2. The molecule has 0 amide bonds. The predicted octanol–water partition coefficient (Wildman–Crippen LogP) is 0.0594. The second-order valence-electron chi connectivity index (χ2n) is 1.11. The third-order valence-electron chi connectivity index (χ3n) is 0.597. The van der Waals surface area contributed by atoms with Crippen molar-refractivity contribution in [2.24, 2.45) is 0 Å². The fourth-order valence-electron chi connectivity index (χ4n) is 0.320. The van der Waals surface area contributed by atoms with E-state index in [0.717, 1.165) is 0 Å². The molecule has 3 heteroatoms. The van der Waals surface area contributed by atoms with Crippen molar-refractivity contribution in [2.75, 3.05) is 0 Å². The van der Waals surface area contributed by atoms with Gasteiger partial charge in [-0.05, 0) is 12.2 Å². The lowest BCUT2D eigenvalue weighted by Crippen LogP contribution is -1.91. The Morgan fingerprint density at radius 2 is 1.57 bits per heavy atom. The van der Waals surface area contributed by atoms with Crippen LogP contribution in [0.1, 0.15) is 0 Å². The molecule has 7 heavy (non-hydrogen) atoms. The topological polar surface area (TPSA) is 18.5 Å². The maximum Gasteiger partial charge on any atom is 0.426 e. The molecule has 0 fully saturated rings. The summed E-state index contributed by atoms with van der Waals surface area (Å²) in [6.45, 7) is 0. The molecule has 1 aliphatic rings. The van der Waals surface area contributed by atoms with Gasteiger partial charge in [0.25, 0.3) is 0 Å². The van der Waals surface area contributed by atoms with E-state index in [1.165, 1.54) is 0 Å². The summed E-state index contributed by atoms with van der Waals surface area (Å²) in [4.78, 5) is 0. The zero-order valence-electron chi connectivity index (χ0n) is 3.83. The third kappa shape index (κ3) is 1.45. The van der Waals surface area contributed by atoms with E-state index in [9.17, 15) is 0 Å². The molecule has 1 aliphatic heterocycles. The molecule has 0 atom stereocenters. The first kappa shape index (κ1) is 4.46. The molecule has 0 aliphatic carbocycles. The summed E-state index contributed by atoms with van der Waals surface area (Å²) >= 11 is 0. The van der Waals surface area contributed by atoms with Crippen LogP contribution < -0.4 is 0 Å². The van der Waals surface area contributed by atoms with Crippen molar-refractivity contribution >= 4 is 10.0 Å². The van der Waals surface area contributed by atoms with Crippen molar-refractivity contribution in [3.8, 4) is 0 Å². The summed E-state index contributed by atoms with van der Waals surface area (Å²) in [5.74, 6) is 0. The number of hydrogen-bond donors (Lipinski definition) is 0. The van der Waals surface area contributed by atoms with Gasteiger partial charge in [-0.1, -0.05) is 0 Å². The minimum absolute atomic E-state index is 0.700. The van der Waals surface area contributed by atoms with E-state index in [-0.39, 0.29) is 0 Å². The Bertz CT molecular complexity index is 85.9. The maximum absolute atomic E-state index is 4.87. The minimum atomic E-state index is -0.700. The molecule has 0 aromatic rings. The van der Waals surface area contributed by atoms with Crippen molar-refractivity contribution in [3.63, 3.8) is 0 Å². The van der Waals surface area contributed by atoms with Crippen molar-refractivity contribution < 1.29 is 8.85 Å². The third-order valence-corrected chi connectivity index (χ3v) is 1.25. The molecule has 0 bridgehead atoms. The van der Waals surface area contributed by atoms with Gasteiger partial charge in [0.1, 0.15) is 0 Å². The molecule has 0 N–H and O–H groups in total. The quantitative estimate of drug-likeness (QED) is 0.415. The molecule has 0 saturated carbocycles. The highest BCUT2D eigenvalue weighted by Gasteiger charge is 1.81. The smallest absolute Gasteiger partial charge is 0.426 e. The SMILES string of the molecule is C1=CO[SiH2]OC=C1. The first-order chi connectivity index (χ1) is 3.50. The van der Waals surface area contributed by atoms with Gasteiger partial charge in [0.05, 0.1) is 12.5 Å². The average Bonchev–Trinajstić information content (AvgIpc) is 1.90. The fraction of sp³-hybridized carbons (Fsp3) is 0. The maximum atomic E-state index is 4.87. The molecule has 0 aromatic heterocycles. The molecule has 38 valence electrons. The summed E-state index contributed by atoms with van der Waals surface area (Å²) in [7, 11) is -0.700. The molecule has 0 aromatic carbocycles. The first-order valence-electron chi connectivity index (χ1n) is 2.05. The normalized spacial score (nSPS) is 17.1. The Morgan fingerprint density at radius 3 is 2.14 bits per heavy atom. The summed E-state index contributed by atoms with van der Waals surface area (Å²) in [6, 6.07) is 0. The zero-order chi connectivity index (χ0) is 4.95. The Labute approximate surface area is 44.5 Å². The van der Waals surface area contributed by atoms with Crippen LogP contribution in [0.5, 0.6) is 0 Å². The van der Waals surface area contributed by atoms with Crippen LogP contribution in [0.15, 0.2) is 24.7 Å². The molecule has 1 rings (SSSR count). The lowest BCUT2D eigenvalue weighted by Gasteiger charge is -1.92. The van der Waals surface area contributed by atoms with Gasteiger partial charge >= 0.3 is 10.0 Å². The first-order valence-corrected chi connectivity index (χ1v) is 3.20. The van der Waals surface area contributed by atoms with E-state index in [0.29, 0.717) is 0 Å². The van der Waals surface area contributed by atoms with Crippen molar-refractivity contribution in [1.29, 1.82) is 0 Å². The second-order valence-corrected chi connectivity index (χ2v) is 2.01. The van der Waals surface area contributed by atoms with Crippen LogP contribution in [0.3, 0.4) is 0 Å². The van der Waals surface area contributed by atoms with Gasteiger partial charge in [0.15, 0.2) is 0 Å². The summed E-state index contributed by atoms with van der Waals surface area (Å²) in [6.07, 6.45) is 6.91. The Kier molecular flexibility index (Phi) is 1.57. The molecule has 0 saturated heterocycles. The molecule has 1 heterocycles. The summed E-state index contributed by atoms with van der Waals surface area (Å²) in [5.41, 5.74) is 0. The molecular formula is C4H6O2Si. The van der Waals surface area contributed by atoms with Gasteiger partial charge in [0, 0.05) is 0 Å². The van der Waals surface area contributed by atoms with Gasteiger partial charge in [0.2, 0.25) is 0 Å². The molecule has 0 spiro atoms. The molecule has 0 unspecified atom stereocenters. The summed E-state index contributed by atoms with van der Waals surface area (Å²) < 4.78 is 9.74. The Balaban J connectivity index is 2.39. The van der Waals surface area contributed by atoms with Gasteiger partial charge < -0.3 is 8.85 Å². The highest BCUT2D eigenvalue weighted by atomic mass is 28.3. The van der Waals surface area contributed by atoms with Crippen LogP contribution in [-0.4, -0.2) is 10.0 Å². The van der Waals surface area contributed by atoms with E-state index >= 15 is 0 Å². The molecule has 2 nitrogen and oxygen atoms in total. The fourth-order valence-corrected chi connectivity index (χ4v) is 0.778. The van der Waals surface area contributed by atoms with Crippen LogP contribution in [0.25, 0.3) is 0 Å². The van der Waals surface area contributed by atoms with E-state index in [1.54, 1.807) is 24.7 Å². The van der Waals surface area contributed by atoms with Crippen molar-refractivity contribution in [3.05, 3.63) is 24.7 Å². The van der Waals surface area contributed by atoms with Gasteiger partial charge in [-0.3, -0.25) is 0 Å². The highest BCUT2D eigenvalue weighted by Crippen LogP contribution is 1.85. The molecular weight excluding hydrogens is 108 g/mol. The van der Waals surface area contributed by atoms with Crippen LogP contribution in [0, 0.1) is 0 Å². The van der Waals surface area contributed by atoms with E-state index in [4.69, 9.17) is 8.85 Å². The van der Waals surface area contributed by atoms with Gasteiger partial charge in [-0.2, -0.15) is 0 Å². The molecule has 0 radical (unpaired) electrons. The Morgan fingerprint density at radius 1 is 1.00 bits per heavy atom. The van der Waals surface area contributed by atoms with Crippen LogP contribution in [-0.2, 0) is 8.85 Å². The van der Waals surface area contributed by atoms with E-state index in [1.807, 2.05) is 0 Å². The largest absolute Gasteiger partial charge is 0.523 e. The number of allylic oxidation sites excluding steroid dienone is 2. The highest BCUT2D eigenvalue weighted by molar-refractivity contribution is 6.18. The lowest BCUT2D eigenvalue weighted by atomic mass is 10.6. The van der Waals surface area contributed by atoms with Crippen LogP contribution in [0.2, 0.25) is 0 Å². The summed E-state index contributed by atoms with van der Waals surface area (Å²) in [5, 5.41) is 0. The van der Waals surface area contributed by atoms with Crippen LogP contribution in [0.4, 0.5) is 0 Å². The monoisotopic (exact) mass is 114 g/mol. The average molecular weight is 114 g/mol.